The highest BCUT2D eigenvalue weighted by Gasteiger charge is 2.22. The Kier molecular flexibility index (Phi) is 2.71. The van der Waals surface area contributed by atoms with Crippen LogP contribution in [-0.2, 0) is 0 Å². The molecular weight excluding hydrogens is 186 g/mol. The monoisotopic (exact) mass is 197 g/mol. The molecule has 1 saturated heterocycles. The van der Waals surface area contributed by atoms with E-state index in [4.69, 9.17) is 4.42 Å². The van der Waals surface area contributed by atoms with Crippen LogP contribution in [0.2, 0.25) is 0 Å². The molecule has 1 atom stereocenters. The normalized spacial score (nSPS) is 22.9. The quantitative estimate of drug-likeness (QED) is 0.723. The molecule has 3 nitrogen and oxygen atoms in total. The summed E-state index contributed by atoms with van der Waals surface area (Å²) in [5, 5.41) is 3.20. The van der Waals surface area contributed by atoms with E-state index in [-0.39, 0.29) is 11.8 Å². The van der Waals surface area contributed by atoms with Gasteiger partial charge in [-0.1, -0.05) is 0 Å². The zero-order valence-corrected chi connectivity index (χ0v) is 7.97. The molecule has 1 aromatic rings. The number of hydrogen-bond acceptors (Lipinski definition) is 4. The molecule has 1 aliphatic rings. The Morgan fingerprint density at radius 2 is 2.62 bits per heavy atom. The highest BCUT2D eigenvalue weighted by molar-refractivity contribution is 7.99. The fourth-order valence-corrected chi connectivity index (χ4v) is 2.27. The van der Waals surface area contributed by atoms with E-state index < -0.39 is 0 Å². The van der Waals surface area contributed by atoms with Gasteiger partial charge in [0.2, 0.25) is 0 Å². The maximum absolute atomic E-state index is 11.7. The lowest BCUT2D eigenvalue weighted by atomic mass is 10.1. The lowest BCUT2D eigenvalue weighted by Crippen LogP contribution is -2.43. The summed E-state index contributed by atoms with van der Waals surface area (Å²) in [4.78, 5) is 11.7. The minimum absolute atomic E-state index is 0.0312. The van der Waals surface area contributed by atoms with Crippen LogP contribution in [-0.4, -0.2) is 29.9 Å². The second-order valence-electron chi connectivity index (χ2n) is 2.96. The molecule has 2 rings (SSSR count). The molecule has 1 aromatic heterocycles. The number of furan rings is 1. The molecule has 0 bridgehead atoms. The number of Topliss-reactive ketones (excluding diaryl/α,β-unsaturated/α-hetero) is 1. The van der Waals surface area contributed by atoms with Crippen molar-refractivity contribution in [1.82, 2.24) is 5.32 Å². The predicted octanol–water partition coefficient (Wildman–Crippen LogP) is 1.17. The maximum Gasteiger partial charge on any atom is 0.183 e. The van der Waals surface area contributed by atoms with Crippen molar-refractivity contribution in [2.24, 2.45) is 0 Å². The van der Waals surface area contributed by atoms with Crippen molar-refractivity contribution in [1.29, 1.82) is 0 Å². The third-order valence-electron chi connectivity index (χ3n) is 2.04. The SMILES string of the molecule is O=C(c1ccoc1)C1CSCCN1. The first-order chi connectivity index (χ1) is 6.38. The summed E-state index contributed by atoms with van der Waals surface area (Å²) >= 11 is 1.81. The van der Waals surface area contributed by atoms with Gasteiger partial charge >= 0.3 is 0 Å². The van der Waals surface area contributed by atoms with Gasteiger partial charge in [-0.3, -0.25) is 4.79 Å². The lowest BCUT2D eigenvalue weighted by molar-refractivity contribution is 0.0952. The van der Waals surface area contributed by atoms with Crippen LogP contribution in [0.4, 0.5) is 0 Å². The van der Waals surface area contributed by atoms with E-state index in [0.717, 1.165) is 18.1 Å². The largest absolute Gasteiger partial charge is 0.472 e. The van der Waals surface area contributed by atoms with Gasteiger partial charge in [-0.2, -0.15) is 11.8 Å². The Morgan fingerprint density at radius 3 is 3.23 bits per heavy atom. The molecule has 0 amide bonds. The Balaban J connectivity index is 2.04. The number of ketones is 1. The Labute approximate surface area is 80.9 Å². The Bertz CT molecular complexity index is 278. The minimum Gasteiger partial charge on any atom is -0.472 e. The van der Waals surface area contributed by atoms with Gasteiger partial charge in [-0.25, -0.2) is 0 Å². The van der Waals surface area contributed by atoms with E-state index in [1.807, 2.05) is 11.8 Å². The molecule has 1 unspecified atom stereocenters. The summed E-state index contributed by atoms with van der Waals surface area (Å²) in [5.74, 6) is 2.10. The average Bonchev–Trinajstić information content (AvgIpc) is 2.71. The van der Waals surface area contributed by atoms with Crippen LogP contribution in [0.25, 0.3) is 0 Å². The third-order valence-corrected chi connectivity index (χ3v) is 3.11. The van der Waals surface area contributed by atoms with E-state index >= 15 is 0 Å². The number of rotatable bonds is 2. The second kappa shape index (κ2) is 3.98. The maximum atomic E-state index is 11.7. The smallest absolute Gasteiger partial charge is 0.183 e. The van der Waals surface area contributed by atoms with Crippen molar-refractivity contribution < 1.29 is 9.21 Å². The summed E-state index contributed by atoms with van der Waals surface area (Å²) in [6, 6.07) is 1.68. The zero-order valence-electron chi connectivity index (χ0n) is 7.16. The lowest BCUT2D eigenvalue weighted by Gasteiger charge is -2.21. The first-order valence-corrected chi connectivity index (χ1v) is 5.41. The van der Waals surface area contributed by atoms with Gasteiger partial charge in [-0.15, -0.1) is 0 Å². The molecule has 0 spiro atoms. The van der Waals surface area contributed by atoms with E-state index in [0.29, 0.717) is 5.56 Å². The van der Waals surface area contributed by atoms with Gasteiger partial charge in [-0.05, 0) is 6.07 Å². The number of thioether (sulfide) groups is 1. The first-order valence-electron chi connectivity index (χ1n) is 4.25. The van der Waals surface area contributed by atoms with Gasteiger partial charge < -0.3 is 9.73 Å². The van der Waals surface area contributed by atoms with E-state index in [1.54, 1.807) is 6.07 Å². The van der Waals surface area contributed by atoms with Crippen LogP contribution >= 0.6 is 11.8 Å². The predicted molar refractivity (Wildman–Crippen MR) is 52.2 cm³/mol. The van der Waals surface area contributed by atoms with Gasteiger partial charge in [0.25, 0.3) is 0 Å². The van der Waals surface area contributed by atoms with E-state index in [1.165, 1.54) is 12.5 Å². The number of carbonyl (C=O) groups is 1. The first kappa shape index (κ1) is 8.84. The zero-order chi connectivity index (χ0) is 9.10. The van der Waals surface area contributed by atoms with Crippen LogP contribution in [0.1, 0.15) is 10.4 Å². The molecule has 13 heavy (non-hydrogen) atoms. The molecule has 1 aliphatic heterocycles. The fraction of sp³-hybridized carbons (Fsp3) is 0.444. The van der Waals surface area contributed by atoms with Gasteiger partial charge in [0.1, 0.15) is 6.26 Å². The van der Waals surface area contributed by atoms with Crippen LogP contribution in [0.15, 0.2) is 23.0 Å². The van der Waals surface area contributed by atoms with Crippen molar-refractivity contribution in [3.8, 4) is 0 Å². The molecule has 0 aliphatic carbocycles. The average molecular weight is 197 g/mol. The van der Waals surface area contributed by atoms with E-state index in [2.05, 4.69) is 5.32 Å². The Hall–Kier alpha value is -0.740. The van der Waals surface area contributed by atoms with E-state index in [9.17, 15) is 4.79 Å². The van der Waals surface area contributed by atoms with Crippen molar-refractivity contribution >= 4 is 17.5 Å². The van der Waals surface area contributed by atoms with Crippen LogP contribution in [0.5, 0.6) is 0 Å². The molecule has 70 valence electrons. The van der Waals surface area contributed by atoms with Crippen molar-refractivity contribution in [2.75, 3.05) is 18.1 Å². The molecule has 0 aromatic carbocycles. The van der Waals surface area contributed by atoms with Crippen molar-refractivity contribution in [3.05, 3.63) is 24.2 Å². The van der Waals surface area contributed by atoms with Gasteiger partial charge in [0, 0.05) is 18.1 Å². The summed E-state index contributed by atoms with van der Waals surface area (Å²) in [6.07, 6.45) is 3.03. The fourth-order valence-electron chi connectivity index (χ4n) is 1.34. The molecular formula is C9H11NO2S. The molecule has 4 heteroatoms. The standard InChI is InChI=1S/C9H11NO2S/c11-9(7-1-3-12-5-7)8-6-13-4-2-10-8/h1,3,5,8,10H,2,4,6H2. The van der Waals surface area contributed by atoms with Gasteiger partial charge in [0.15, 0.2) is 5.78 Å². The highest BCUT2D eigenvalue weighted by atomic mass is 32.2. The number of nitrogens with one attached hydrogen (secondary N) is 1. The Morgan fingerprint density at radius 1 is 1.69 bits per heavy atom. The summed E-state index contributed by atoms with van der Waals surface area (Å²) in [5.41, 5.74) is 0.667. The minimum atomic E-state index is -0.0312. The molecule has 0 radical (unpaired) electrons. The molecule has 1 fully saturated rings. The summed E-state index contributed by atoms with van der Waals surface area (Å²) < 4.78 is 4.87. The van der Waals surface area contributed by atoms with Gasteiger partial charge in [0.05, 0.1) is 17.9 Å². The molecule has 0 saturated carbocycles. The van der Waals surface area contributed by atoms with Crippen molar-refractivity contribution in [3.63, 3.8) is 0 Å². The van der Waals surface area contributed by atoms with Crippen molar-refractivity contribution in [2.45, 2.75) is 6.04 Å². The second-order valence-corrected chi connectivity index (χ2v) is 4.11. The molecule has 1 N–H and O–H groups in total. The highest BCUT2D eigenvalue weighted by Crippen LogP contribution is 2.12. The summed E-state index contributed by atoms with van der Waals surface area (Å²) in [7, 11) is 0. The van der Waals surface area contributed by atoms with Crippen LogP contribution in [0.3, 0.4) is 0 Å². The van der Waals surface area contributed by atoms with Crippen LogP contribution < -0.4 is 5.32 Å². The topological polar surface area (TPSA) is 42.2 Å². The summed E-state index contributed by atoms with van der Waals surface area (Å²) in [6.45, 7) is 0.916. The third kappa shape index (κ3) is 1.95. The molecule has 2 heterocycles. The number of carbonyl (C=O) groups excluding carboxylic acids is 1. The van der Waals surface area contributed by atoms with Crippen LogP contribution in [0, 0.1) is 0 Å². The number of hydrogen-bond donors (Lipinski definition) is 1.